The van der Waals surface area contributed by atoms with E-state index in [-0.39, 0.29) is 11.1 Å². The van der Waals surface area contributed by atoms with Crippen molar-refractivity contribution in [3.63, 3.8) is 0 Å². The van der Waals surface area contributed by atoms with Crippen molar-refractivity contribution >= 4 is 17.2 Å². The van der Waals surface area contributed by atoms with Crippen LogP contribution in [0.25, 0.3) is 5.57 Å². The van der Waals surface area contributed by atoms with Gasteiger partial charge in [0.15, 0.2) is 4.87 Å². The Balaban J connectivity index is 1.85. The van der Waals surface area contributed by atoms with Gasteiger partial charge >= 0.3 is 0 Å². The monoisotopic (exact) mass is 386 g/mol. The van der Waals surface area contributed by atoms with E-state index in [2.05, 4.69) is 18.8 Å². The summed E-state index contributed by atoms with van der Waals surface area (Å²) in [6.07, 6.45) is 2.61. The summed E-state index contributed by atoms with van der Waals surface area (Å²) in [5.74, 6) is 3.59. The van der Waals surface area contributed by atoms with Crippen LogP contribution in [-0.2, 0) is 6.42 Å². The first-order valence-electron chi connectivity index (χ1n) is 8.74. The van der Waals surface area contributed by atoms with E-state index >= 15 is 0 Å². The maximum Gasteiger partial charge on any atom is 0.162 e. The van der Waals surface area contributed by atoms with E-state index < -0.39 is 28.8 Å². The third kappa shape index (κ3) is 4.46. The van der Waals surface area contributed by atoms with Gasteiger partial charge in [-0.1, -0.05) is 61.1 Å². The number of alkyl halides is 1. The van der Waals surface area contributed by atoms with Crippen LogP contribution in [0.1, 0.15) is 36.5 Å². The fourth-order valence-corrected chi connectivity index (χ4v) is 3.15. The Labute approximate surface area is 162 Å². The molecule has 0 saturated heterocycles. The van der Waals surface area contributed by atoms with E-state index in [0.717, 1.165) is 25.0 Å². The Morgan fingerprint density at radius 1 is 1.07 bits per heavy atom. The first-order chi connectivity index (χ1) is 12.9. The van der Waals surface area contributed by atoms with Gasteiger partial charge < -0.3 is 0 Å². The van der Waals surface area contributed by atoms with Crippen molar-refractivity contribution in [2.24, 2.45) is 0 Å². The second kappa shape index (κ2) is 8.06. The molecule has 0 spiro atoms. The van der Waals surface area contributed by atoms with Crippen LogP contribution < -0.4 is 0 Å². The molecule has 0 nitrogen and oxygen atoms in total. The smallest absolute Gasteiger partial charge is 0.162 e. The molecule has 0 heterocycles. The van der Waals surface area contributed by atoms with Crippen molar-refractivity contribution in [2.45, 2.75) is 31.1 Å². The Kier molecular flexibility index (Phi) is 5.77. The molecule has 3 rings (SSSR count). The van der Waals surface area contributed by atoms with Gasteiger partial charge in [-0.15, -0.1) is 0 Å². The summed E-state index contributed by atoms with van der Waals surface area (Å²) in [4.78, 5) is -1.76. The summed E-state index contributed by atoms with van der Waals surface area (Å²) in [6.45, 7) is 2.10. The Hall–Kier alpha value is -2.44. The minimum Gasteiger partial charge on any atom is -0.211 e. The van der Waals surface area contributed by atoms with Crippen LogP contribution in [0.2, 0.25) is 0 Å². The third-order valence-electron chi connectivity index (χ3n) is 4.37. The molecule has 4 heteroatoms. The lowest BCUT2D eigenvalue weighted by atomic mass is 9.90. The predicted octanol–water partition coefficient (Wildman–Crippen LogP) is 6.75. The average molecular weight is 387 g/mol. The second-order valence-corrected chi connectivity index (χ2v) is 7.14. The zero-order chi connectivity index (χ0) is 19.4. The topological polar surface area (TPSA) is 0 Å². The molecule has 138 valence electrons. The number of allylic oxidation sites excluding steroid dienone is 4. The van der Waals surface area contributed by atoms with Crippen LogP contribution in [0, 0.1) is 17.7 Å². The molecule has 0 aromatic heterocycles. The molecule has 1 unspecified atom stereocenters. The lowest BCUT2D eigenvalue weighted by Crippen LogP contribution is -2.23. The standard InChI is InChI=1S/C23H18ClF3/c1-2-4-16-7-9-17(10-8-16)11-12-23(24)15-21(26)20(14-22(23)27)18-5-3-6-19(25)13-18/h3,5-10,13-14H,2,4,15H2,1H3. The van der Waals surface area contributed by atoms with Crippen molar-refractivity contribution in [2.75, 3.05) is 0 Å². The predicted molar refractivity (Wildman–Crippen MR) is 104 cm³/mol. The van der Waals surface area contributed by atoms with Gasteiger partial charge in [0.05, 0.1) is 0 Å². The second-order valence-electron chi connectivity index (χ2n) is 6.50. The largest absolute Gasteiger partial charge is 0.211 e. The SMILES string of the molecule is CCCc1ccc(C#CC2(Cl)CC(F)=C(c3cccc(F)c3)C=C2F)cc1. The molecule has 0 radical (unpaired) electrons. The molecule has 1 aliphatic carbocycles. The number of rotatable bonds is 3. The van der Waals surface area contributed by atoms with Gasteiger partial charge in [-0.05, 0) is 47.9 Å². The van der Waals surface area contributed by atoms with Crippen LogP contribution in [0.3, 0.4) is 0 Å². The van der Waals surface area contributed by atoms with Crippen molar-refractivity contribution in [3.05, 3.63) is 88.8 Å². The highest BCUT2D eigenvalue weighted by Gasteiger charge is 2.37. The van der Waals surface area contributed by atoms with Crippen LogP contribution in [-0.4, -0.2) is 4.87 Å². The summed E-state index contributed by atoms with van der Waals surface area (Å²) < 4.78 is 42.6. The zero-order valence-corrected chi connectivity index (χ0v) is 15.6. The van der Waals surface area contributed by atoms with Crippen LogP contribution in [0.15, 0.2) is 66.3 Å². The van der Waals surface area contributed by atoms with E-state index in [1.165, 1.54) is 23.8 Å². The molecule has 0 saturated carbocycles. The fraction of sp³-hybridized carbons (Fsp3) is 0.217. The normalized spacial score (nSPS) is 19.4. The number of hydrogen-bond donors (Lipinski definition) is 0. The lowest BCUT2D eigenvalue weighted by molar-refractivity contribution is 0.497. The van der Waals surface area contributed by atoms with E-state index in [4.69, 9.17) is 11.6 Å². The quantitative estimate of drug-likeness (QED) is 0.404. The van der Waals surface area contributed by atoms with Gasteiger partial charge in [0.2, 0.25) is 0 Å². The number of hydrogen-bond acceptors (Lipinski definition) is 0. The highest BCUT2D eigenvalue weighted by molar-refractivity contribution is 6.28. The fourth-order valence-electron chi connectivity index (χ4n) is 2.93. The van der Waals surface area contributed by atoms with E-state index in [9.17, 15) is 13.2 Å². The average Bonchev–Trinajstić information content (AvgIpc) is 2.64. The van der Waals surface area contributed by atoms with Gasteiger partial charge in [0.1, 0.15) is 17.5 Å². The van der Waals surface area contributed by atoms with Gasteiger partial charge in [0.25, 0.3) is 0 Å². The number of benzene rings is 2. The molecular weight excluding hydrogens is 369 g/mol. The Morgan fingerprint density at radius 3 is 2.48 bits per heavy atom. The Morgan fingerprint density at radius 2 is 1.81 bits per heavy atom. The first kappa shape index (κ1) is 19.3. The third-order valence-corrected chi connectivity index (χ3v) is 4.78. The minimum atomic E-state index is -1.76. The molecular formula is C23H18ClF3. The molecule has 0 bridgehead atoms. The zero-order valence-electron chi connectivity index (χ0n) is 14.8. The van der Waals surface area contributed by atoms with Crippen molar-refractivity contribution < 1.29 is 13.2 Å². The highest BCUT2D eigenvalue weighted by atomic mass is 35.5. The van der Waals surface area contributed by atoms with E-state index in [1.54, 1.807) is 0 Å². The van der Waals surface area contributed by atoms with E-state index in [0.29, 0.717) is 5.56 Å². The molecule has 2 aromatic rings. The van der Waals surface area contributed by atoms with Gasteiger partial charge in [-0.25, -0.2) is 13.2 Å². The molecule has 0 aliphatic heterocycles. The summed E-state index contributed by atoms with van der Waals surface area (Å²) in [5.41, 5.74) is 2.14. The van der Waals surface area contributed by atoms with Crippen LogP contribution in [0.4, 0.5) is 13.2 Å². The molecule has 0 N–H and O–H groups in total. The molecule has 27 heavy (non-hydrogen) atoms. The maximum absolute atomic E-state index is 14.6. The van der Waals surface area contributed by atoms with Gasteiger partial charge in [-0.3, -0.25) is 0 Å². The maximum atomic E-state index is 14.6. The first-order valence-corrected chi connectivity index (χ1v) is 9.12. The van der Waals surface area contributed by atoms with Gasteiger partial charge in [0, 0.05) is 17.6 Å². The number of halogens is 4. The molecule has 1 atom stereocenters. The van der Waals surface area contributed by atoms with Crippen molar-refractivity contribution in [1.82, 2.24) is 0 Å². The van der Waals surface area contributed by atoms with Gasteiger partial charge in [-0.2, -0.15) is 0 Å². The molecule has 0 amide bonds. The number of aryl methyl sites for hydroxylation is 1. The summed E-state index contributed by atoms with van der Waals surface area (Å²) in [6, 6.07) is 13.0. The summed E-state index contributed by atoms with van der Waals surface area (Å²) in [5, 5.41) is 0. The Bertz CT molecular complexity index is 961. The molecule has 1 aliphatic rings. The van der Waals surface area contributed by atoms with Crippen LogP contribution in [0.5, 0.6) is 0 Å². The molecule has 0 fully saturated rings. The van der Waals surface area contributed by atoms with Crippen LogP contribution >= 0.6 is 11.6 Å². The highest BCUT2D eigenvalue weighted by Crippen LogP contribution is 2.42. The minimum absolute atomic E-state index is 0.00556. The summed E-state index contributed by atoms with van der Waals surface area (Å²) >= 11 is 6.27. The molecule has 2 aromatic carbocycles. The van der Waals surface area contributed by atoms with E-state index in [1.807, 2.05) is 24.3 Å². The van der Waals surface area contributed by atoms with Crippen molar-refractivity contribution in [3.8, 4) is 11.8 Å². The van der Waals surface area contributed by atoms with Crippen molar-refractivity contribution in [1.29, 1.82) is 0 Å². The summed E-state index contributed by atoms with van der Waals surface area (Å²) in [7, 11) is 0. The lowest BCUT2D eigenvalue weighted by Gasteiger charge is -2.24.